The Morgan fingerprint density at radius 3 is 1.36 bits per heavy atom. The van der Waals surface area contributed by atoms with Crippen molar-refractivity contribution in [2.24, 2.45) is 0 Å². The van der Waals surface area contributed by atoms with E-state index in [0.29, 0.717) is 6.61 Å². The van der Waals surface area contributed by atoms with Gasteiger partial charge in [-0.3, -0.25) is 13.8 Å². The van der Waals surface area contributed by atoms with Crippen LogP contribution in [0.3, 0.4) is 0 Å². The number of carbonyl (C=O) groups is 1. The van der Waals surface area contributed by atoms with Crippen LogP contribution in [0, 0.1) is 0 Å². The van der Waals surface area contributed by atoms with Gasteiger partial charge < -0.3 is 24.6 Å². The molecule has 3 unspecified atom stereocenters. The van der Waals surface area contributed by atoms with Gasteiger partial charge in [0.05, 0.1) is 26.4 Å². The second kappa shape index (κ2) is 42.8. The van der Waals surface area contributed by atoms with Crippen molar-refractivity contribution in [2.75, 3.05) is 33.0 Å². The maximum atomic E-state index is 12.6. The van der Waals surface area contributed by atoms with Crippen molar-refractivity contribution >= 4 is 13.8 Å². The highest BCUT2D eigenvalue weighted by Crippen LogP contribution is 2.43. The van der Waals surface area contributed by atoms with Crippen LogP contribution in [0.1, 0.15) is 226 Å². The summed E-state index contributed by atoms with van der Waals surface area (Å²) in [5.41, 5.74) is 0. The first-order valence-electron chi connectivity index (χ1n) is 23.2. The first-order chi connectivity index (χ1) is 26.8. The first kappa shape index (κ1) is 54.2. The van der Waals surface area contributed by atoms with Crippen molar-refractivity contribution in [2.45, 2.75) is 238 Å². The largest absolute Gasteiger partial charge is 0.472 e. The molecule has 3 N–H and O–H groups in total. The normalized spacial score (nSPS) is 14.1. The third-order valence-electron chi connectivity index (χ3n) is 10.2. The maximum Gasteiger partial charge on any atom is 0.472 e. The summed E-state index contributed by atoms with van der Waals surface area (Å²) in [7, 11) is -4.51. The Balaban J connectivity index is 4.10. The van der Waals surface area contributed by atoms with Crippen molar-refractivity contribution in [3.63, 3.8) is 0 Å². The number of hydrogen-bond donors (Lipinski definition) is 3. The minimum Gasteiger partial charge on any atom is -0.457 e. The van der Waals surface area contributed by atoms with Crippen LogP contribution in [-0.4, -0.2) is 66.3 Å². The third kappa shape index (κ3) is 42.6. The molecule has 0 heterocycles. The second-order valence-corrected chi connectivity index (χ2v) is 17.2. The topological polar surface area (TPSA) is 132 Å². The number of unbranched alkanes of at least 4 members (excludes halogenated alkanes) is 29. The van der Waals surface area contributed by atoms with Gasteiger partial charge in [-0.25, -0.2) is 4.57 Å². The van der Waals surface area contributed by atoms with E-state index in [4.69, 9.17) is 23.6 Å². The van der Waals surface area contributed by atoms with Gasteiger partial charge in [0, 0.05) is 13.0 Å². The minimum absolute atomic E-state index is 0.0547. The lowest BCUT2D eigenvalue weighted by atomic mass is 10.0. The average molecular weight is 805 g/mol. The molecular formula is C45H89O9P. The number of hydrogen-bond acceptors (Lipinski definition) is 8. The first-order valence-corrected chi connectivity index (χ1v) is 24.7. The van der Waals surface area contributed by atoms with Crippen LogP contribution in [0.5, 0.6) is 0 Å². The van der Waals surface area contributed by atoms with Gasteiger partial charge in [0.25, 0.3) is 0 Å². The van der Waals surface area contributed by atoms with E-state index < -0.39 is 33.2 Å². The van der Waals surface area contributed by atoms with Crippen LogP contribution in [0.4, 0.5) is 0 Å². The summed E-state index contributed by atoms with van der Waals surface area (Å²) < 4.78 is 33.4. The van der Waals surface area contributed by atoms with Gasteiger partial charge in [-0.2, -0.15) is 0 Å². The molecule has 9 nitrogen and oxygen atoms in total. The maximum absolute atomic E-state index is 12.6. The van der Waals surface area contributed by atoms with Crippen molar-refractivity contribution in [3.8, 4) is 0 Å². The molecule has 10 heteroatoms. The minimum atomic E-state index is -4.51. The zero-order chi connectivity index (χ0) is 40.3. The fourth-order valence-electron chi connectivity index (χ4n) is 6.65. The van der Waals surface area contributed by atoms with Crippen molar-refractivity contribution in [1.82, 2.24) is 0 Å². The molecule has 328 valence electrons. The highest BCUT2D eigenvalue weighted by molar-refractivity contribution is 7.47. The average Bonchev–Trinajstić information content (AvgIpc) is 3.18. The lowest BCUT2D eigenvalue weighted by Gasteiger charge is -2.20. The summed E-state index contributed by atoms with van der Waals surface area (Å²) in [6.07, 6.45) is 43.1. The Labute approximate surface area is 339 Å². The van der Waals surface area contributed by atoms with E-state index in [1.54, 1.807) is 0 Å². The lowest BCUT2D eigenvalue weighted by Crippen LogP contribution is -2.29. The molecule has 0 saturated carbocycles. The van der Waals surface area contributed by atoms with E-state index in [2.05, 4.69) is 26.0 Å². The fraction of sp³-hybridized carbons (Fsp3) is 0.933. The summed E-state index contributed by atoms with van der Waals surface area (Å²) in [6.45, 7) is 3.56. The number of aliphatic hydroxyl groups excluding tert-OH is 2. The molecule has 0 aromatic rings. The number of allylic oxidation sites excluding steroid dienone is 2. The molecule has 55 heavy (non-hydrogen) atoms. The summed E-state index contributed by atoms with van der Waals surface area (Å²) in [6, 6.07) is 0. The smallest absolute Gasteiger partial charge is 0.457 e. The van der Waals surface area contributed by atoms with Crippen molar-refractivity contribution in [1.29, 1.82) is 0 Å². The molecule has 3 atom stereocenters. The predicted octanol–water partition coefficient (Wildman–Crippen LogP) is 12.9. The van der Waals surface area contributed by atoms with E-state index in [1.165, 1.54) is 173 Å². The van der Waals surface area contributed by atoms with Crippen molar-refractivity contribution < 1.29 is 43.0 Å². The molecule has 0 aromatic heterocycles. The van der Waals surface area contributed by atoms with Crippen molar-refractivity contribution in [3.05, 3.63) is 12.2 Å². The molecule has 0 rings (SSSR count). The van der Waals surface area contributed by atoms with Gasteiger partial charge in [-0.05, 0) is 38.5 Å². The van der Waals surface area contributed by atoms with Crippen LogP contribution < -0.4 is 0 Å². The third-order valence-corrected chi connectivity index (χ3v) is 11.2. The SMILES string of the molecule is CCCCCCCC/C=C\CCCCCCCCCCCC(=O)OC(COCCCCCCCCCCCCCCCCC)COP(=O)(O)OCC(O)CO. The monoisotopic (exact) mass is 805 g/mol. The van der Waals surface area contributed by atoms with Gasteiger partial charge in [0.15, 0.2) is 0 Å². The van der Waals surface area contributed by atoms with E-state index in [0.717, 1.165) is 32.1 Å². The molecule has 0 aliphatic rings. The van der Waals surface area contributed by atoms with Gasteiger partial charge >= 0.3 is 13.8 Å². The van der Waals surface area contributed by atoms with E-state index >= 15 is 0 Å². The number of carbonyl (C=O) groups excluding carboxylic acids is 1. The van der Waals surface area contributed by atoms with Crippen LogP contribution in [0.15, 0.2) is 12.2 Å². The fourth-order valence-corrected chi connectivity index (χ4v) is 7.44. The Bertz CT molecular complexity index is 871. The molecule has 0 aromatic carbocycles. The Hall–Kier alpha value is -0.800. The van der Waals surface area contributed by atoms with E-state index in [-0.39, 0.29) is 25.6 Å². The van der Waals surface area contributed by atoms with Crippen LogP contribution >= 0.6 is 7.82 Å². The number of phosphoric acid groups is 1. The second-order valence-electron chi connectivity index (χ2n) is 15.8. The zero-order valence-corrected chi connectivity index (χ0v) is 36.8. The zero-order valence-electron chi connectivity index (χ0n) is 35.9. The quantitative estimate of drug-likeness (QED) is 0.0238. The number of ether oxygens (including phenoxy) is 2. The van der Waals surface area contributed by atoms with Gasteiger partial charge in [0.1, 0.15) is 12.2 Å². The predicted molar refractivity (Wildman–Crippen MR) is 228 cm³/mol. The summed E-state index contributed by atoms with van der Waals surface area (Å²) in [4.78, 5) is 22.6. The van der Waals surface area contributed by atoms with Crippen LogP contribution in [-0.2, 0) is 27.9 Å². The number of esters is 1. The molecule has 0 saturated heterocycles. The summed E-state index contributed by atoms with van der Waals surface area (Å²) in [5, 5.41) is 18.4. The Morgan fingerprint density at radius 2 is 0.927 bits per heavy atom. The van der Waals surface area contributed by atoms with Gasteiger partial charge in [-0.15, -0.1) is 0 Å². The molecule has 0 aliphatic carbocycles. The molecule has 0 fully saturated rings. The molecular weight excluding hydrogens is 715 g/mol. The Morgan fingerprint density at radius 1 is 0.545 bits per heavy atom. The van der Waals surface area contributed by atoms with Crippen LogP contribution in [0.25, 0.3) is 0 Å². The molecule has 0 bridgehead atoms. The molecule has 0 radical (unpaired) electrons. The van der Waals surface area contributed by atoms with E-state index in [9.17, 15) is 19.4 Å². The lowest BCUT2D eigenvalue weighted by molar-refractivity contribution is -0.154. The standard InChI is InChI=1S/C45H89O9P/c1-3-5-7-9-11-13-15-17-19-20-21-22-23-25-27-29-31-33-35-37-45(48)54-44(42-53-55(49,50)52-40-43(47)39-46)41-51-38-36-34-32-30-28-26-24-18-16-14-12-10-8-6-4-2/h17,19,43-44,46-47H,3-16,18,20-42H2,1-2H3,(H,49,50)/b19-17-. The van der Waals surface area contributed by atoms with E-state index in [1.807, 2.05) is 0 Å². The van der Waals surface area contributed by atoms with Crippen LogP contribution in [0.2, 0.25) is 0 Å². The Kier molecular flexibility index (Phi) is 42.2. The summed E-state index contributed by atoms with van der Waals surface area (Å²) >= 11 is 0. The number of phosphoric ester groups is 1. The van der Waals surface area contributed by atoms with Gasteiger partial charge in [0.2, 0.25) is 0 Å². The molecule has 0 amide bonds. The highest BCUT2D eigenvalue weighted by atomic mass is 31.2. The number of rotatable bonds is 45. The molecule has 0 aliphatic heterocycles. The molecule has 0 spiro atoms. The number of aliphatic hydroxyl groups is 2. The summed E-state index contributed by atoms with van der Waals surface area (Å²) in [5.74, 6) is -0.380. The highest BCUT2D eigenvalue weighted by Gasteiger charge is 2.26. The van der Waals surface area contributed by atoms with Gasteiger partial charge in [-0.1, -0.05) is 193 Å².